The van der Waals surface area contributed by atoms with E-state index in [0.29, 0.717) is 18.3 Å². The van der Waals surface area contributed by atoms with Crippen LogP contribution >= 0.6 is 0 Å². The molecule has 2 heterocycles. The largest absolute Gasteiger partial charge is 0.479 e. The van der Waals surface area contributed by atoms with Gasteiger partial charge in [0, 0.05) is 6.54 Å². The van der Waals surface area contributed by atoms with Gasteiger partial charge < -0.3 is 14.7 Å². The third-order valence-corrected chi connectivity index (χ3v) is 4.57. The van der Waals surface area contributed by atoms with Crippen molar-refractivity contribution in [2.75, 3.05) is 13.1 Å². The number of ether oxygens (including phenoxy) is 1. The Bertz CT molecular complexity index is 861. The minimum Gasteiger partial charge on any atom is -0.479 e. The zero-order chi connectivity index (χ0) is 19.7. The molecule has 1 saturated heterocycles. The minimum absolute atomic E-state index is 0.0192. The molecule has 1 unspecified atom stereocenters. The summed E-state index contributed by atoms with van der Waals surface area (Å²) in [6.45, 7) is 8.01. The van der Waals surface area contributed by atoms with Gasteiger partial charge in [-0.05, 0) is 31.4 Å². The highest BCUT2D eigenvalue weighted by atomic mass is 16.5. The van der Waals surface area contributed by atoms with Gasteiger partial charge in [0.25, 0.3) is 5.91 Å². The van der Waals surface area contributed by atoms with Gasteiger partial charge in [0.05, 0.1) is 18.3 Å². The van der Waals surface area contributed by atoms with Crippen molar-refractivity contribution >= 4 is 11.9 Å². The van der Waals surface area contributed by atoms with Crippen LogP contribution < -0.4 is 0 Å². The lowest BCUT2D eigenvalue weighted by Crippen LogP contribution is -2.52. The van der Waals surface area contributed by atoms with Crippen LogP contribution in [0.25, 0.3) is 5.69 Å². The van der Waals surface area contributed by atoms with E-state index in [4.69, 9.17) is 4.74 Å². The highest BCUT2D eigenvalue weighted by molar-refractivity contribution is 5.91. The number of nitrogens with zero attached hydrogens (tertiary/aromatic N) is 4. The fourth-order valence-corrected chi connectivity index (χ4v) is 3.27. The molecule has 1 amide bonds. The van der Waals surface area contributed by atoms with Gasteiger partial charge in [0.1, 0.15) is 5.82 Å². The Kier molecular flexibility index (Phi) is 5.27. The Labute approximate surface area is 157 Å². The third kappa shape index (κ3) is 3.85. The summed E-state index contributed by atoms with van der Waals surface area (Å²) in [5.74, 6) is -0.521. The number of carboxylic acid groups (broad SMARTS) is 1. The van der Waals surface area contributed by atoms with Crippen LogP contribution in [-0.2, 0) is 9.53 Å². The number of para-hydroxylation sites is 1. The molecule has 27 heavy (non-hydrogen) atoms. The predicted octanol–water partition coefficient (Wildman–Crippen LogP) is 2.01. The number of benzene rings is 1. The maximum atomic E-state index is 12.9. The number of hydrogen-bond acceptors (Lipinski definition) is 5. The van der Waals surface area contributed by atoms with Crippen LogP contribution in [0.15, 0.2) is 24.3 Å². The highest BCUT2D eigenvalue weighted by Crippen LogP contribution is 2.23. The Hall–Kier alpha value is -2.74. The molecule has 1 aliphatic rings. The molecule has 8 heteroatoms. The van der Waals surface area contributed by atoms with Crippen LogP contribution in [-0.4, -0.2) is 61.9 Å². The first-order valence-corrected chi connectivity index (χ1v) is 8.98. The Balaban J connectivity index is 1.90. The Morgan fingerprint density at radius 2 is 1.96 bits per heavy atom. The fourth-order valence-electron chi connectivity index (χ4n) is 3.27. The van der Waals surface area contributed by atoms with E-state index < -0.39 is 12.1 Å². The predicted molar refractivity (Wildman–Crippen MR) is 98.1 cm³/mol. The number of hydrogen-bond donors (Lipinski definition) is 1. The van der Waals surface area contributed by atoms with E-state index in [1.165, 1.54) is 4.90 Å². The van der Waals surface area contributed by atoms with Gasteiger partial charge in [-0.15, -0.1) is 5.10 Å². The number of morpholine rings is 1. The summed E-state index contributed by atoms with van der Waals surface area (Å²) < 4.78 is 7.03. The maximum absolute atomic E-state index is 12.9. The molecule has 2 atom stereocenters. The molecule has 0 radical (unpaired) electrons. The quantitative estimate of drug-likeness (QED) is 0.882. The molecule has 1 aromatic carbocycles. The fraction of sp³-hybridized carbons (Fsp3) is 0.474. The highest BCUT2D eigenvalue weighted by Gasteiger charge is 2.34. The molecule has 8 nitrogen and oxygen atoms in total. The molecule has 1 N–H and O–H groups in total. The molecule has 0 aliphatic carbocycles. The number of carbonyl (C=O) groups excluding carboxylic acids is 1. The normalized spacial score (nSPS) is 20.1. The summed E-state index contributed by atoms with van der Waals surface area (Å²) >= 11 is 0. The Morgan fingerprint density at radius 1 is 1.26 bits per heavy atom. The van der Waals surface area contributed by atoms with E-state index in [9.17, 15) is 14.7 Å². The van der Waals surface area contributed by atoms with Crippen LogP contribution in [0.3, 0.4) is 0 Å². The van der Waals surface area contributed by atoms with Crippen LogP contribution in [0.4, 0.5) is 0 Å². The first-order valence-electron chi connectivity index (χ1n) is 8.98. The lowest BCUT2D eigenvalue weighted by atomic mass is 10.0. The van der Waals surface area contributed by atoms with Gasteiger partial charge in [0.2, 0.25) is 5.82 Å². The number of amides is 1. The number of carboxylic acids is 1. The number of rotatable bonds is 4. The molecule has 0 bridgehead atoms. The molecule has 0 saturated carbocycles. The minimum atomic E-state index is -1.08. The van der Waals surface area contributed by atoms with Crippen molar-refractivity contribution in [3.8, 4) is 5.69 Å². The molecule has 144 valence electrons. The molecular formula is C19H24N4O4. The van der Waals surface area contributed by atoms with Gasteiger partial charge in [-0.1, -0.05) is 32.0 Å². The molecule has 1 aliphatic heterocycles. The average Bonchev–Trinajstić information content (AvgIpc) is 3.02. The van der Waals surface area contributed by atoms with Gasteiger partial charge in [-0.2, -0.15) is 0 Å². The first-order chi connectivity index (χ1) is 12.8. The van der Waals surface area contributed by atoms with Crippen molar-refractivity contribution < 1.29 is 19.4 Å². The summed E-state index contributed by atoms with van der Waals surface area (Å²) in [5.41, 5.74) is 1.99. The number of aryl methyl sites for hydroxylation is 1. The van der Waals surface area contributed by atoms with E-state index in [1.54, 1.807) is 18.5 Å². The van der Waals surface area contributed by atoms with Crippen molar-refractivity contribution in [2.24, 2.45) is 0 Å². The summed E-state index contributed by atoms with van der Waals surface area (Å²) in [5, 5.41) is 13.6. The number of aliphatic carboxylic acids is 1. The van der Waals surface area contributed by atoms with Crippen molar-refractivity contribution in [2.45, 2.75) is 45.8 Å². The molecular weight excluding hydrogens is 348 g/mol. The maximum Gasteiger partial charge on any atom is 0.334 e. The molecule has 0 spiro atoms. The topological polar surface area (TPSA) is 97.6 Å². The monoisotopic (exact) mass is 372 g/mol. The zero-order valence-corrected chi connectivity index (χ0v) is 15.9. The Morgan fingerprint density at radius 3 is 2.63 bits per heavy atom. The van der Waals surface area contributed by atoms with Crippen molar-refractivity contribution in [1.82, 2.24) is 19.7 Å². The van der Waals surface area contributed by atoms with Crippen molar-refractivity contribution in [3.05, 3.63) is 41.5 Å². The summed E-state index contributed by atoms with van der Waals surface area (Å²) in [6, 6.07) is 7.87. The third-order valence-electron chi connectivity index (χ3n) is 4.57. The summed E-state index contributed by atoms with van der Waals surface area (Å²) in [7, 11) is 0. The molecule has 1 fully saturated rings. The van der Waals surface area contributed by atoms with Crippen LogP contribution in [0.2, 0.25) is 0 Å². The van der Waals surface area contributed by atoms with E-state index >= 15 is 0 Å². The second-order valence-corrected chi connectivity index (χ2v) is 7.09. The molecule has 2 aromatic rings. The standard InChI is InChI=1S/C19H24N4O4/c1-11(2)14-7-5-6-8-15(14)23-13(4)20-17(21-23)18(24)22-9-12(3)27-16(10-22)19(25)26/h5-8,11-12,16H,9-10H2,1-4H3,(H,25,26)/t12-,16?/m1/s1. The van der Waals surface area contributed by atoms with Crippen LogP contribution in [0, 0.1) is 6.92 Å². The lowest BCUT2D eigenvalue weighted by molar-refractivity contribution is -0.160. The van der Waals surface area contributed by atoms with Crippen molar-refractivity contribution in [1.29, 1.82) is 0 Å². The van der Waals surface area contributed by atoms with Crippen LogP contribution in [0.5, 0.6) is 0 Å². The number of aromatic nitrogens is 3. The number of carbonyl (C=O) groups is 2. The molecule has 1 aromatic heterocycles. The van der Waals surface area contributed by atoms with E-state index in [0.717, 1.165) is 11.3 Å². The SMILES string of the molecule is Cc1nc(C(=O)N2CC(C(=O)O)O[C@H](C)C2)nn1-c1ccccc1C(C)C. The second kappa shape index (κ2) is 7.48. The molecule has 3 rings (SSSR count). The van der Waals surface area contributed by atoms with E-state index in [1.807, 2.05) is 24.3 Å². The summed E-state index contributed by atoms with van der Waals surface area (Å²) in [6.07, 6.45) is -1.41. The van der Waals surface area contributed by atoms with Gasteiger partial charge >= 0.3 is 5.97 Å². The van der Waals surface area contributed by atoms with Crippen LogP contribution in [0.1, 0.15) is 48.7 Å². The lowest BCUT2D eigenvalue weighted by Gasteiger charge is -2.34. The zero-order valence-electron chi connectivity index (χ0n) is 15.9. The smallest absolute Gasteiger partial charge is 0.334 e. The van der Waals surface area contributed by atoms with Gasteiger partial charge in [-0.3, -0.25) is 4.79 Å². The van der Waals surface area contributed by atoms with E-state index in [2.05, 4.69) is 23.9 Å². The average molecular weight is 372 g/mol. The second-order valence-electron chi connectivity index (χ2n) is 7.09. The first kappa shape index (κ1) is 19.0. The van der Waals surface area contributed by atoms with Crippen molar-refractivity contribution in [3.63, 3.8) is 0 Å². The van der Waals surface area contributed by atoms with Gasteiger partial charge in [0.15, 0.2) is 6.10 Å². The summed E-state index contributed by atoms with van der Waals surface area (Å²) in [4.78, 5) is 29.9. The van der Waals surface area contributed by atoms with E-state index in [-0.39, 0.29) is 24.4 Å². The van der Waals surface area contributed by atoms with Gasteiger partial charge in [-0.25, -0.2) is 14.5 Å².